The summed E-state index contributed by atoms with van der Waals surface area (Å²) >= 11 is 6.05. The van der Waals surface area contributed by atoms with Gasteiger partial charge in [-0.25, -0.2) is 4.98 Å². The second-order valence-electron chi connectivity index (χ2n) is 6.10. The van der Waals surface area contributed by atoms with Crippen molar-refractivity contribution in [1.82, 2.24) is 0 Å². The molecule has 2 atom stereocenters. The lowest BCUT2D eigenvalue weighted by atomic mass is 10.1. The minimum absolute atomic E-state index is 0.270. The molecule has 0 aliphatic rings. The molecule has 4 N–H and O–H groups in total. The first-order valence-electron chi connectivity index (χ1n) is 8.45. The van der Waals surface area contributed by atoms with Gasteiger partial charge < -0.3 is 15.3 Å². The molecule has 0 spiro atoms. The maximum atomic E-state index is 9.05. The van der Waals surface area contributed by atoms with Crippen molar-refractivity contribution in [2.45, 2.75) is 32.7 Å². The maximum absolute atomic E-state index is 9.05. The Kier molecular flexibility index (Phi) is 7.09. The average Bonchev–Trinajstić information content (AvgIpc) is 2.54. The van der Waals surface area contributed by atoms with E-state index in [-0.39, 0.29) is 6.61 Å². The quantitative estimate of drug-likeness (QED) is 0.653. The fourth-order valence-electron chi connectivity index (χ4n) is 2.93. The summed E-state index contributed by atoms with van der Waals surface area (Å²) in [6, 6.07) is 8.40. The standard InChI is InChI=1S/C18H26ClN3O/c1-3-22(11-12-23)10-4-5-14(2)21-17-8-9-20-18-13-15(19)6-7-16(17)18/h6-9,13-14,23H,3-5,10-12H2,1-2H3,(H,20,21)/p+2/t14-/m0/s1. The lowest BCUT2D eigenvalue weighted by molar-refractivity contribution is -0.898. The number of anilines is 1. The third kappa shape index (κ3) is 5.34. The Morgan fingerprint density at radius 3 is 2.87 bits per heavy atom. The van der Waals surface area contributed by atoms with Crippen LogP contribution >= 0.6 is 11.6 Å². The Balaban J connectivity index is 1.91. The van der Waals surface area contributed by atoms with Crippen LogP contribution in [0.25, 0.3) is 10.9 Å². The second-order valence-corrected chi connectivity index (χ2v) is 6.53. The molecule has 4 nitrogen and oxygen atoms in total. The number of rotatable bonds is 9. The highest BCUT2D eigenvalue weighted by atomic mass is 35.5. The van der Waals surface area contributed by atoms with Crippen LogP contribution in [0.5, 0.6) is 0 Å². The number of aromatic nitrogens is 1. The molecule has 0 aliphatic carbocycles. The van der Waals surface area contributed by atoms with Crippen molar-refractivity contribution in [3.8, 4) is 0 Å². The zero-order valence-electron chi connectivity index (χ0n) is 14.0. The SMILES string of the molecule is CC[NH+](CCO)CCC[C@H](C)Nc1cc[nH+]c2cc(Cl)ccc12. The second kappa shape index (κ2) is 9.06. The molecule has 1 aromatic carbocycles. The van der Waals surface area contributed by atoms with E-state index in [2.05, 4.69) is 30.2 Å². The van der Waals surface area contributed by atoms with Gasteiger partial charge in [0.1, 0.15) is 6.54 Å². The van der Waals surface area contributed by atoms with Crippen molar-refractivity contribution in [1.29, 1.82) is 0 Å². The van der Waals surface area contributed by atoms with Crippen LogP contribution in [0.1, 0.15) is 26.7 Å². The van der Waals surface area contributed by atoms with Gasteiger partial charge in [-0.3, -0.25) is 0 Å². The van der Waals surface area contributed by atoms with Gasteiger partial charge >= 0.3 is 0 Å². The van der Waals surface area contributed by atoms with Crippen molar-refractivity contribution in [3.05, 3.63) is 35.5 Å². The van der Waals surface area contributed by atoms with Crippen LogP contribution in [-0.2, 0) is 0 Å². The molecule has 1 unspecified atom stereocenters. The fourth-order valence-corrected chi connectivity index (χ4v) is 3.11. The van der Waals surface area contributed by atoms with E-state index in [1.54, 1.807) is 0 Å². The fraction of sp³-hybridized carbons (Fsp3) is 0.500. The Labute approximate surface area is 143 Å². The van der Waals surface area contributed by atoms with Crippen LogP contribution in [0, 0.1) is 0 Å². The first-order valence-corrected chi connectivity index (χ1v) is 8.82. The molecule has 0 bridgehead atoms. The summed E-state index contributed by atoms with van der Waals surface area (Å²) in [6.45, 7) is 7.69. The molecule has 0 saturated carbocycles. The third-order valence-electron chi connectivity index (χ3n) is 4.30. The summed E-state index contributed by atoms with van der Waals surface area (Å²) in [4.78, 5) is 4.70. The number of hydrogen-bond acceptors (Lipinski definition) is 2. The van der Waals surface area contributed by atoms with Crippen molar-refractivity contribution in [2.75, 3.05) is 31.6 Å². The van der Waals surface area contributed by atoms with Crippen LogP contribution < -0.4 is 15.2 Å². The first kappa shape index (κ1) is 18.0. The number of nitrogens with one attached hydrogen (secondary N) is 3. The molecule has 2 aromatic rings. The first-order chi connectivity index (χ1) is 11.1. The minimum Gasteiger partial charge on any atom is -0.391 e. The van der Waals surface area contributed by atoms with Crippen LogP contribution in [0.15, 0.2) is 30.5 Å². The third-order valence-corrected chi connectivity index (χ3v) is 4.53. The van der Waals surface area contributed by atoms with Gasteiger partial charge in [-0.1, -0.05) is 11.6 Å². The Morgan fingerprint density at radius 2 is 2.13 bits per heavy atom. The van der Waals surface area contributed by atoms with E-state index in [1.807, 2.05) is 24.4 Å². The van der Waals surface area contributed by atoms with E-state index in [9.17, 15) is 0 Å². The predicted octanol–water partition coefficient (Wildman–Crippen LogP) is 1.79. The lowest BCUT2D eigenvalue weighted by Gasteiger charge is -2.19. The van der Waals surface area contributed by atoms with Crippen molar-refractivity contribution >= 4 is 28.2 Å². The molecule has 0 saturated heterocycles. The summed E-state index contributed by atoms with van der Waals surface area (Å²) in [6.07, 6.45) is 4.21. The highest BCUT2D eigenvalue weighted by Crippen LogP contribution is 2.23. The zero-order valence-corrected chi connectivity index (χ0v) is 14.8. The van der Waals surface area contributed by atoms with E-state index in [1.165, 1.54) is 4.90 Å². The number of pyridine rings is 1. The van der Waals surface area contributed by atoms with Gasteiger partial charge in [-0.2, -0.15) is 0 Å². The van der Waals surface area contributed by atoms with Crippen molar-refractivity contribution in [3.63, 3.8) is 0 Å². The average molecular weight is 338 g/mol. The number of benzene rings is 1. The minimum atomic E-state index is 0.270. The number of aromatic amines is 1. The lowest BCUT2D eigenvalue weighted by Crippen LogP contribution is -3.12. The highest BCUT2D eigenvalue weighted by Gasteiger charge is 2.11. The zero-order chi connectivity index (χ0) is 16.7. The van der Waals surface area contributed by atoms with Crippen molar-refractivity contribution in [2.24, 2.45) is 0 Å². The maximum Gasteiger partial charge on any atom is 0.214 e. The van der Waals surface area contributed by atoms with E-state index in [4.69, 9.17) is 16.7 Å². The Morgan fingerprint density at radius 1 is 1.30 bits per heavy atom. The van der Waals surface area contributed by atoms with Gasteiger partial charge in [0.05, 0.1) is 30.8 Å². The van der Waals surface area contributed by atoms with Gasteiger partial charge in [0, 0.05) is 23.2 Å². The smallest absolute Gasteiger partial charge is 0.214 e. The monoisotopic (exact) mass is 337 g/mol. The Hall–Kier alpha value is -1.36. The predicted molar refractivity (Wildman–Crippen MR) is 96.2 cm³/mol. The summed E-state index contributed by atoms with van der Waals surface area (Å²) in [5.74, 6) is 0. The molecule has 0 fully saturated rings. The molecule has 2 rings (SSSR count). The highest BCUT2D eigenvalue weighted by molar-refractivity contribution is 6.31. The Bertz CT molecular complexity index is 620. The summed E-state index contributed by atoms with van der Waals surface area (Å²) in [5.41, 5.74) is 2.18. The molecule has 126 valence electrons. The van der Waals surface area contributed by atoms with Crippen LogP contribution in [0.4, 0.5) is 5.69 Å². The molecule has 0 radical (unpaired) electrons. The van der Waals surface area contributed by atoms with Crippen LogP contribution in [0.2, 0.25) is 5.02 Å². The molecule has 0 amide bonds. The summed E-state index contributed by atoms with van der Waals surface area (Å²) in [5, 5.41) is 14.6. The number of likely N-dealkylation sites (N-methyl/N-ethyl adjacent to an activating group) is 1. The molecule has 0 aliphatic heterocycles. The van der Waals surface area contributed by atoms with E-state index in [0.29, 0.717) is 6.04 Å². The van der Waals surface area contributed by atoms with Crippen molar-refractivity contribution < 1.29 is 15.0 Å². The van der Waals surface area contributed by atoms with E-state index >= 15 is 0 Å². The van der Waals surface area contributed by atoms with Gasteiger partial charge in [-0.05, 0) is 38.8 Å². The van der Waals surface area contributed by atoms with Gasteiger partial charge in [-0.15, -0.1) is 0 Å². The number of aliphatic hydroxyl groups is 1. The van der Waals surface area contributed by atoms with Gasteiger partial charge in [0.2, 0.25) is 5.52 Å². The number of halogens is 1. The van der Waals surface area contributed by atoms with Crippen LogP contribution in [0.3, 0.4) is 0 Å². The normalized spacial score (nSPS) is 13.9. The summed E-state index contributed by atoms with van der Waals surface area (Å²) in [7, 11) is 0. The molecular formula is C18H28ClN3O+2. The largest absolute Gasteiger partial charge is 0.391 e. The van der Waals surface area contributed by atoms with E-state index in [0.717, 1.165) is 54.1 Å². The number of fused-ring (bicyclic) bond motifs is 1. The topological polar surface area (TPSA) is 50.8 Å². The number of hydrogen-bond donors (Lipinski definition) is 3. The van der Waals surface area contributed by atoms with Gasteiger partial charge in [0.15, 0.2) is 6.20 Å². The molecule has 23 heavy (non-hydrogen) atoms. The molecule has 5 heteroatoms. The van der Waals surface area contributed by atoms with Gasteiger partial charge in [0.25, 0.3) is 0 Å². The van der Waals surface area contributed by atoms with Crippen LogP contribution in [-0.4, -0.2) is 37.4 Å². The summed E-state index contributed by atoms with van der Waals surface area (Å²) < 4.78 is 0. The molecule has 1 aromatic heterocycles. The molecular weight excluding hydrogens is 310 g/mol. The van der Waals surface area contributed by atoms with E-state index < -0.39 is 0 Å². The number of aliphatic hydroxyl groups excluding tert-OH is 1. The number of quaternary nitrogens is 1. The number of H-pyrrole nitrogens is 1. The molecule has 1 heterocycles.